The Morgan fingerprint density at radius 2 is 1.88 bits per heavy atom. The third-order valence-electron chi connectivity index (χ3n) is 5.35. The molecule has 4 aromatic rings. The van der Waals surface area contributed by atoms with Gasteiger partial charge in [-0.05, 0) is 66.8 Å². The van der Waals surface area contributed by atoms with Crippen LogP contribution in [0.2, 0.25) is 0 Å². The first-order chi connectivity index (χ1) is 15.5. The van der Waals surface area contributed by atoms with E-state index >= 15 is 0 Å². The Bertz CT molecular complexity index is 1300. The summed E-state index contributed by atoms with van der Waals surface area (Å²) in [6, 6.07) is 20.2. The van der Waals surface area contributed by atoms with Gasteiger partial charge < -0.3 is 19.7 Å². The van der Waals surface area contributed by atoms with E-state index in [9.17, 15) is 9.50 Å². The van der Waals surface area contributed by atoms with Crippen LogP contribution in [0.25, 0.3) is 11.3 Å². The van der Waals surface area contributed by atoms with Crippen LogP contribution in [0.5, 0.6) is 5.75 Å². The molecule has 2 aromatic carbocycles. The first kappa shape index (κ1) is 20.7. The molecule has 2 N–H and O–H groups in total. The van der Waals surface area contributed by atoms with E-state index in [-0.39, 0.29) is 17.6 Å². The number of furan rings is 1. The molecule has 1 aliphatic heterocycles. The second-order valence-electron chi connectivity index (χ2n) is 7.31. The highest BCUT2D eigenvalue weighted by atomic mass is 79.9. The van der Waals surface area contributed by atoms with Crippen LogP contribution in [-0.2, 0) is 0 Å². The molecule has 1 aliphatic rings. The zero-order valence-corrected chi connectivity index (χ0v) is 19.0. The van der Waals surface area contributed by atoms with E-state index in [1.807, 2.05) is 29.2 Å². The molecular formula is C24H17BrFN3O2S. The van der Waals surface area contributed by atoms with E-state index in [2.05, 4.69) is 26.2 Å². The van der Waals surface area contributed by atoms with Gasteiger partial charge in [-0.2, -0.15) is 0 Å². The molecule has 0 saturated carbocycles. The van der Waals surface area contributed by atoms with E-state index < -0.39 is 6.04 Å². The fourth-order valence-electron chi connectivity index (χ4n) is 3.92. The number of hydrogen-bond donors (Lipinski definition) is 2. The predicted octanol–water partition coefficient (Wildman–Crippen LogP) is 6.13. The van der Waals surface area contributed by atoms with Crippen LogP contribution in [0, 0.1) is 5.82 Å². The van der Waals surface area contributed by atoms with Gasteiger partial charge in [-0.3, -0.25) is 4.98 Å². The number of aromatic nitrogens is 1. The number of halogens is 2. The lowest BCUT2D eigenvalue weighted by Crippen LogP contribution is -2.29. The minimum atomic E-state index is -0.446. The molecule has 0 aliphatic carbocycles. The summed E-state index contributed by atoms with van der Waals surface area (Å²) in [6.07, 6.45) is 1.71. The number of nitrogens with one attached hydrogen (secondary N) is 1. The minimum Gasteiger partial charge on any atom is -0.506 e. The van der Waals surface area contributed by atoms with Crippen LogP contribution in [0.4, 0.5) is 10.1 Å². The molecule has 0 amide bonds. The maximum Gasteiger partial charge on any atom is 0.174 e. The number of thiocarbonyl (C=S) groups is 1. The molecule has 160 valence electrons. The molecular weight excluding hydrogens is 493 g/mol. The summed E-state index contributed by atoms with van der Waals surface area (Å²) in [5, 5.41) is 14.3. The number of aromatic hydroxyl groups is 1. The van der Waals surface area contributed by atoms with Crippen LogP contribution in [0.3, 0.4) is 0 Å². The van der Waals surface area contributed by atoms with Crippen molar-refractivity contribution in [3.8, 4) is 17.1 Å². The first-order valence-electron chi connectivity index (χ1n) is 9.87. The van der Waals surface area contributed by atoms with Crippen molar-refractivity contribution in [2.45, 2.75) is 12.1 Å². The molecule has 1 fully saturated rings. The summed E-state index contributed by atoms with van der Waals surface area (Å²) < 4.78 is 21.4. The number of phenols is 1. The van der Waals surface area contributed by atoms with Gasteiger partial charge in [0.25, 0.3) is 0 Å². The highest BCUT2D eigenvalue weighted by Crippen LogP contribution is 2.45. The molecule has 2 aromatic heterocycles. The average molecular weight is 510 g/mol. The minimum absolute atomic E-state index is 0.0917. The lowest BCUT2D eigenvalue weighted by atomic mass is 10.0. The second kappa shape index (κ2) is 8.37. The normalized spacial score (nSPS) is 18.1. The Hall–Kier alpha value is -3.23. The Morgan fingerprint density at radius 1 is 1.06 bits per heavy atom. The van der Waals surface area contributed by atoms with E-state index in [0.717, 1.165) is 5.69 Å². The number of benzene rings is 2. The Balaban J connectivity index is 1.62. The van der Waals surface area contributed by atoms with Crippen LogP contribution in [0.15, 0.2) is 87.9 Å². The molecule has 5 rings (SSSR count). The monoisotopic (exact) mass is 509 g/mol. The Morgan fingerprint density at radius 3 is 2.62 bits per heavy atom. The van der Waals surface area contributed by atoms with Gasteiger partial charge in [0.15, 0.2) is 5.11 Å². The molecule has 0 bridgehead atoms. The lowest BCUT2D eigenvalue weighted by Gasteiger charge is -2.26. The molecule has 5 nitrogen and oxygen atoms in total. The number of pyridine rings is 1. The van der Waals surface area contributed by atoms with Crippen LogP contribution in [-0.4, -0.2) is 15.2 Å². The van der Waals surface area contributed by atoms with Crippen molar-refractivity contribution in [3.05, 3.63) is 101 Å². The predicted molar refractivity (Wildman–Crippen MR) is 128 cm³/mol. The van der Waals surface area contributed by atoms with E-state index in [0.29, 0.717) is 32.4 Å². The Labute approximate surface area is 197 Å². The van der Waals surface area contributed by atoms with Crippen molar-refractivity contribution in [3.63, 3.8) is 0 Å². The van der Waals surface area contributed by atoms with Gasteiger partial charge in [-0.25, -0.2) is 4.39 Å². The summed E-state index contributed by atoms with van der Waals surface area (Å²) in [6.45, 7) is 0. The van der Waals surface area contributed by atoms with E-state index in [1.165, 1.54) is 6.07 Å². The van der Waals surface area contributed by atoms with Crippen LogP contribution < -0.4 is 10.2 Å². The highest BCUT2D eigenvalue weighted by Gasteiger charge is 2.43. The van der Waals surface area contributed by atoms with Crippen molar-refractivity contribution < 1.29 is 13.9 Å². The standard InChI is InChI=1S/C24H17BrFN3O2S/c25-14-8-9-15(16(26)13-14)20-10-11-21(31-20)23-22(17-5-3-4-12-27-17)28-24(32)29(23)18-6-1-2-7-19(18)30/h1-13,22-23,30H,(H,28,32). The van der Waals surface area contributed by atoms with Crippen molar-refractivity contribution in [1.82, 2.24) is 10.3 Å². The zero-order valence-electron chi connectivity index (χ0n) is 16.6. The van der Waals surface area contributed by atoms with Gasteiger partial charge in [-0.1, -0.05) is 34.1 Å². The molecule has 3 heterocycles. The van der Waals surface area contributed by atoms with E-state index in [4.69, 9.17) is 16.6 Å². The Kier molecular flexibility index (Phi) is 5.40. The van der Waals surface area contributed by atoms with Gasteiger partial charge in [0.05, 0.1) is 23.0 Å². The summed E-state index contributed by atoms with van der Waals surface area (Å²) in [5.74, 6) is 0.668. The topological polar surface area (TPSA) is 61.5 Å². The van der Waals surface area contributed by atoms with E-state index in [1.54, 1.807) is 48.7 Å². The zero-order chi connectivity index (χ0) is 22.2. The van der Waals surface area contributed by atoms with Crippen molar-refractivity contribution in [2.24, 2.45) is 0 Å². The SMILES string of the molecule is Oc1ccccc1N1C(=S)NC(c2ccccn2)C1c1ccc(-c2ccc(Br)cc2F)o1. The van der Waals surface area contributed by atoms with Crippen molar-refractivity contribution in [2.75, 3.05) is 4.90 Å². The molecule has 0 spiro atoms. The number of rotatable bonds is 4. The van der Waals surface area contributed by atoms with Gasteiger partial charge in [0, 0.05) is 10.7 Å². The third kappa shape index (κ3) is 3.65. The lowest BCUT2D eigenvalue weighted by molar-refractivity contribution is 0.433. The summed E-state index contributed by atoms with van der Waals surface area (Å²) in [5.41, 5.74) is 1.67. The smallest absolute Gasteiger partial charge is 0.174 e. The third-order valence-corrected chi connectivity index (χ3v) is 6.16. The number of phenolic OH excluding ortho intramolecular Hbond substituents is 1. The number of nitrogens with zero attached hydrogens (tertiary/aromatic N) is 2. The quantitative estimate of drug-likeness (QED) is 0.323. The maximum atomic E-state index is 14.5. The van der Waals surface area contributed by atoms with Crippen molar-refractivity contribution >= 4 is 38.9 Å². The molecule has 32 heavy (non-hydrogen) atoms. The molecule has 0 radical (unpaired) electrons. The number of hydrogen-bond acceptors (Lipinski definition) is 4. The number of para-hydroxylation sites is 2. The maximum absolute atomic E-state index is 14.5. The molecule has 8 heteroatoms. The molecule has 2 unspecified atom stereocenters. The molecule has 1 saturated heterocycles. The van der Waals surface area contributed by atoms with Gasteiger partial charge in [-0.15, -0.1) is 0 Å². The first-order valence-corrected chi connectivity index (χ1v) is 11.1. The van der Waals surface area contributed by atoms with Crippen molar-refractivity contribution in [1.29, 1.82) is 0 Å². The summed E-state index contributed by atoms with van der Waals surface area (Å²) in [7, 11) is 0. The summed E-state index contributed by atoms with van der Waals surface area (Å²) in [4.78, 5) is 6.30. The molecule has 2 atom stereocenters. The van der Waals surface area contributed by atoms with Crippen LogP contribution >= 0.6 is 28.1 Å². The number of anilines is 1. The fraction of sp³-hybridized carbons (Fsp3) is 0.0833. The average Bonchev–Trinajstić information content (AvgIpc) is 3.39. The second-order valence-corrected chi connectivity index (χ2v) is 8.61. The van der Waals surface area contributed by atoms with Gasteiger partial charge in [0.2, 0.25) is 0 Å². The van der Waals surface area contributed by atoms with Crippen LogP contribution in [0.1, 0.15) is 23.5 Å². The van der Waals surface area contributed by atoms with Gasteiger partial charge in [0.1, 0.15) is 29.1 Å². The van der Waals surface area contributed by atoms with Gasteiger partial charge >= 0.3 is 0 Å². The fourth-order valence-corrected chi connectivity index (χ4v) is 4.59. The largest absolute Gasteiger partial charge is 0.506 e. The summed E-state index contributed by atoms with van der Waals surface area (Å²) >= 11 is 8.92. The highest BCUT2D eigenvalue weighted by molar-refractivity contribution is 9.10.